The zero-order chi connectivity index (χ0) is 16.8. The van der Waals surface area contributed by atoms with Crippen molar-refractivity contribution < 1.29 is 4.79 Å². The number of carbonyl (C=O) groups is 1. The van der Waals surface area contributed by atoms with Gasteiger partial charge in [0.2, 0.25) is 0 Å². The highest BCUT2D eigenvalue weighted by atomic mass is 16.1. The summed E-state index contributed by atoms with van der Waals surface area (Å²) in [5.41, 5.74) is 3.70. The molecule has 0 spiro atoms. The topological polar surface area (TPSA) is 54.0 Å². The molecule has 0 bridgehead atoms. The fraction of sp³-hybridized carbons (Fsp3) is 0.400. The molecule has 1 heterocycles. The van der Waals surface area contributed by atoms with Crippen LogP contribution in [0.25, 0.3) is 0 Å². The number of rotatable bonds is 5. The van der Waals surface area contributed by atoms with Gasteiger partial charge in [0.15, 0.2) is 0 Å². The molecule has 0 unspecified atom stereocenters. The molecule has 0 radical (unpaired) electrons. The van der Waals surface area contributed by atoms with E-state index in [1.54, 1.807) is 12.3 Å². The van der Waals surface area contributed by atoms with Crippen LogP contribution in [0, 0.1) is 0 Å². The number of nitrogens with zero attached hydrogens (tertiary/aromatic N) is 1. The maximum absolute atomic E-state index is 12.3. The van der Waals surface area contributed by atoms with E-state index in [4.69, 9.17) is 0 Å². The highest BCUT2D eigenvalue weighted by Crippen LogP contribution is 2.19. The van der Waals surface area contributed by atoms with Gasteiger partial charge in [0, 0.05) is 11.7 Å². The first-order valence-corrected chi connectivity index (χ1v) is 8.87. The number of anilines is 2. The van der Waals surface area contributed by atoms with Gasteiger partial charge in [-0.25, -0.2) is 4.98 Å². The van der Waals surface area contributed by atoms with Crippen molar-refractivity contribution in [2.24, 2.45) is 0 Å². The molecule has 24 heavy (non-hydrogen) atoms. The summed E-state index contributed by atoms with van der Waals surface area (Å²) in [4.78, 5) is 16.6. The lowest BCUT2D eigenvalue weighted by Crippen LogP contribution is -2.36. The average Bonchev–Trinajstić information content (AvgIpc) is 2.64. The number of hydrogen-bond donors (Lipinski definition) is 2. The van der Waals surface area contributed by atoms with Crippen molar-refractivity contribution in [2.75, 3.05) is 5.32 Å². The molecule has 1 saturated carbocycles. The maximum atomic E-state index is 12.3. The Morgan fingerprint density at radius 1 is 1.04 bits per heavy atom. The van der Waals surface area contributed by atoms with Crippen molar-refractivity contribution in [1.29, 1.82) is 0 Å². The average molecular weight is 323 g/mol. The first kappa shape index (κ1) is 16.5. The van der Waals surface area contributed by atoms with Crippen LogP contribution in [0.1, 0.15) is 55.1 Å². The molecule has 2 aromatic rings. The van der Waals surface area contributed by atoms with Gasteiger partial charge in [-0.2, -0.15) is 0 Å². The summed E-state index contributed by atoms with van der Waals surface area (Å²) < 4.78 is 0. The summed E-state index contributed by atoms with van der Waals surface area (Å²) in [5, 5.41) is 6.40. The predicted molar refractivity (Wildman–Crippen MR) is 97.7 cm³/mol. The van der Waals surface area contributed by atoms with Crippen molar-refractivity contribution in [1.82, 2.24) is 10.3 Å². The molecule has 3 rings (SSSR count). The Balaban J connectivity index is 1.58. The van der Waals surface area contributed by atoms with Crippen molar-refractivity contribution in [3.05, 3.63) is 53.9 Å². The Bertz CT molecular complexity index is 658. The molecule has 1 aromatic heterocycles. The SMILES string of the molecule is CCc1ccc(Nc2ccc(C(=O)NC3CCCCC3)nc2)cc1. The van der Waals surface area contributed by atoms with Gasteiger partial charge in [0.25, 0.3) is 5.91 Å². The zero-order valence-corrected chi connectivity index (χ0v) is 14.2. The van der Waals surface area contributed by atoms with Crippen LogP contribution < -0.4 is 10.6 Å². The second-order valence-electron chi connectivity index (χ2n) is 6.42. The fourth-order valence-corrected chi connectivity index (χ4v) is 3.10. The van der Waals surface area contributed by atoms with E-state index in [-0.39, 0.29) is 5.91 Å². The minimum Gasteiger partial charge on any atom is -0.354 e. The van der Waals surface area contributed by atoms with Crippen LogP contribution in [0.4, 0.5) is 11.4 Å². The number of hydrogen-bond acceptors (Lipinski definition) is 3. The number of aryl methyl sites for hydroxylation is 1. The highest BCUT2D eigenvalue weighted by molar-refractivity contribution is 5.92. The Kier molecular flexibility index (Phi) is 5.47. The molecule has 4 heteroatoms. The molecule has 1 fully saturated rings. The van der Waals surface area contributed by atoms with E-state index in [2.05, 4.69) is 46.8 Å². The van der Waals surface area contributed by atoms with Crippen LogP contribution in [0.3, 0.4) is 0 Å². The zero-order valence-electron chi connectivity index (χ0n) is 14.2. The van der Waals surface area contributed by atoms with Crippen LogP contribution in [0.2, 0.25) is 0 Å². The number of nitrogens with one attached hydrogen (secondary N) is 2. The van der Waals surface area contributed by atoms with Gasteiger partial charge in [-0.15, -0.1) is 0 Å². The molecular weight excluding hydrogens is 298 g/mol. The molecule has 0 saturated heterocycles. The van der Waals surface area contributed by atoms with Gasteiger partial charge in [-0.1, -0.05) is 38.3 Å². The molecule has 1 aromatic carbocycles. The quantitative estimate of drug-likeness (QED) is 0.854. The first-order chi connectivity index (χ1) is 11.7. The van der Waals surface area contributed by atoms with E-state index < -0.39 is 0 Å². The molecule has 4 nitrogen and oxygen atoms in total. The van der Waals surface area contributed by atoms with E-state index in [0.717, 1.165) is 30.6 Å². The van der Waals surface area contributed by atoms with Crippen molar-refractivity contribution in [3.63, 3.8) is 0 Å². The van der Waals surface area contributed by atoms with Gasteiger partial charge < -0.3 is 10.6 Å². The van der Waals surface area contributed by atoms with Crippen LogP contribution in [-0.2, 0) is 6.42 Å². The highest BCUT2D eigenvalue weighted by Gasteiger charge is 2.17. The maximum Gasteiger partial charge on any atom is 0.270 e. The smallest absolute Gasteiger partial charge is 0.270 e. The van der Waals surface area contributed by atoms with E-state index in [9.17, 15) is 4.79 Å². The van der Waals surface area contributed by atoms with Crippen LogP contribution in [-0.4, -0.2) is 16.9 Å². The second-order valence-corrected chi connectivity index (χ2v) is 6.42. The summed E-state index contributed by atoms with van der Waals surface area (Å²) in [6.45, 7) is 2.14. The lowest BCUT2D eigenvalue weighted by molar-refractivity contribution is 0.0922. The van der Waals surface area contributed by atoms with Gasteiger partial charge in [0.1, 0.15) is 5.69 Å². The van der Waals surface area contributed by atoms with Crippen molar-refractivity contribution in [3.8, 4) is 0 Å². The third-order valence-electron chi connectivity index (χ3n) is 4.59. The van der Waals surface area contributed by atoms with Gasteiger partial charge in [0.05, 0.1) is 11.9 Å². The largest absolute Gasteiger partial charge is 0.354 e. The Hall–Kier alpha value is -2.36. The molecule has 1 aliphatic rings. The van der Waals surface area contributed by atoms with E-state index in [1.165, 1.54) is 24.8 Å². The van der Waals surface area contributed by atoms with E-state index in [0.29, 0.717) is 11.7 Å². The van der Waals surface area contributed by atoms with Crippen molar-refractivity contribution in [2.45, 2.75) is 51.5 Å². The summed E-state index contributed by atoms with van der Waals surface area (Å²) >= 11 is 0. The Morgan fingerprint density at radius 2 is 1.75 bits per heavy atom. The number of amides is 1. The van der Waals surface area contributed by atoms with Gasteiger partial charge in [-0.05, 0) is 49.1 Å². The monoisotopic (exact) mass is 323 g/mol. The molecule has 126 valence electrons. The molecule has 1 amide bonds. The van der Waals surface area contributed by atoms with Gasteiger partial charge in [-0.3, -0.25) is 4.79 Å². The van der Waals surface area contributed by atoms with E-state index in [1.807, 2.05) is 6.07 Å². The van der Waals surface area contributed by atoms with Crippen LogP contribution in [0.15, 0.2) is 42.6 Å². The van der Waals surface area contributed by atoms with Gasteiger partial charge >= 0.3 is 0 Å². The summed E-state index contributed by atoms with van der Waals surface area (Å²) in [7, 11) is 0. The third-order valence-corrected chi connectivity index (χ3v) is 4.59. The Labute approximate surface area is 143 Å². The number of pyridine rings is 1. The summed E-state index contributed by atoms with van der Waals surface area (Å²) in [6, 6.07) is 12.3. The predicted octanol–water partition coefficient (Wildman–Crippen LogP) is 4.45. The molecule has 0 aliphatic heterocycles. The van der Waals surface area contributed by atoms with E-state index >= 15 is 0 Å². The minimum atomic E-state index is -0.0688. The van der Waals surface area contributed by atoms with Crippen LogP contribution in [0.5, 0.6) is 0 Å². The number of carbonyl (C=O) groups excluding carboxylic acids is 1. The third kappa shape index (κ3) is 4.34. The standard InChI is InChI=1S/C20H25N3O/c1-2-15-8-10-17(11-9-15)22-18-12-13-19(21-14-18)20(24)23-16-6-4-3-5-7-16/h8-14,16,22H,2-7H2,1H3,(H,23,24). The molecule has 1 aliphatic carbocycles. The molecule has 2 N–H and O–H groups in total. The molecule has 0 atom stereocenters. The number of benzene rings is 1. The fourth-order valence-electron chi connectivity index (χ4n) is 3.10. The Morgan fingerprint density at radius 3 is 2.38 bits per heavy atom. The van der Waals surface area contributed by atoms with Crippen molar-refractivity contribution >= 4 is 17.3 Å². The summed E-state index contributed by atoms with van der Waals surface area (Å²) in [6.07, 6.45) is 8.61. The van der Waals surface area contributed by atoms with Crippen LogP contribution >= 0.6 is 0 Å². The second kappa shape index (κ2) is 7.95. The summed E-state index contributed by atoms with van der Waals surface area (Å²) in [5.74, 6) is -0.0688. The minimum absolute atomic E-state index is 0.0688. The number of aromatic nitrogens is 1. The lowest BCUT2D eigenvalue weighted by Gasteiger charge is -2.22. The first-order valence-electron chi connectivity index (χ1n) is 8.87. The lowest BCUT2D eigenvalue weighted by atomic mass is 9.95. The normalized spacial score (nSPS) is 15.0. The molecular formula is C20H25N3O.